The van der Waals surface area contributed by atoms with Gasteiger partial charge in [-0.25, -0.2) is 26.5 Å². The summed E-state index contributed by atoms with van der Waals surface area (Å²) >= 11 is 7.78. The minimum absolute atomic E-state index is 0.0565. The van der Waals surface area contributed by atoms with Crippen molar-refractivity contribution in [3.05, 3.63) is 148 Å². The minimum atomic E-state index is -4.19. The quantitative estimate of drug-likeness (QED) is 0.0438. The minimum Gasteiger partial charge on any atom is -0.376 e. The maximum Gasteiger partial charge on any atom is 0.293 e. The molecule has 340 valence electrons. The van der Waals surface area contributed by atoms with Crippen LogP contribution in [-0.2, 0) is 20.0 Å². The van der Waals surface area contributed by atoms with Crippen molar-refractivity contribution in [1.29, 1.82) is 0 Å². The van der Waals surface area contributed by atoms with Crippen LogP contribution in [0.1, 0.15) is 16.9 Å². The van der Waals surface area contributed by atoms with E-state index in [1.54, 1.807) is 52.7 Å². The second-order valence-electron chi connectivity index (χ2n) is 15.7. The zero-order valence-corrected chi connectivity index (χ0v) is 39.0. The van der Waals surface area contributed by atoms with Crippen LogP contribution in [0.5, 0.6) is 0 Å². The molecule has 1 aliphatic heterocycles. The van der Waals surface area contributed by atoms with E-state index in [4.69, 9.17) is 11.6 Å². The molecule has 0 bridgehead atoms. The van der Waals surface area contributed by atoms with Crippen molar-refractivity contribution < 1.29 is 26.6 Å². The molecule has 7 rings (SSSR count). The van der Waals surface area contributed by atoms with Crippen LogP contribution in [0.4, 0.5) is 28.4 Å². The van der Waals surface area contributed by atoms with Gasteiger partial charge in [-0.05, 0) is 112 Å². The van der Waals surface area contributed by atoms with Crippen LogP contribution >= 0.6 is 23.4 Å². The second kappa shape index (κ2) is 20.4. The summed E-state index contributed by atoms with van der Waals surface area (Å²) in [5.74, 6) is -0.204. The highest BCUT2D eigenvalue weighted by molar-refractivity contribution is 7.99. The van der Waals surface area contributed by atoms with E-state index >= 15 is 0 Å². The molecule has 5 aromatic carbocycles. The average Bonchev–Trinajstić information content (AvgIpc) is 3.73. The number of nitrogens with one attached hydrogen (secondary N) is 3. The van der Waals surface area contributed by atoms with Crippen LogP contribution in [0.2, 0.25) is 5.02 Å². The summed E-state index contributed by atoms with van der Waals surface area (Å²) in [7, 11) is -4.12. The van der Waals surface area contributed by atoms with Crippen molar-refractivity contribution in [3.63, 3.8) is 0 Å². The first kappa shape index (κ1) is 46.9. The highest BCUT2D eigenvalue weighted by Gasteiger charge is 2.26. The summed E-state index contributed by atoms with van der Waals surface area (Å²) in [6.07, 6.45) is 3.09. The van der Waals surface area contributed by atoms with Gasteiger partial charge in [0.15, 0.2) is 5.69 Å². The molecule has 0 aliphatic carbocycles. The van der Waals surface area contributed by atoms with Crippen LogP contribution in [0.15, 0.2) is 137 Å². The molecule has 1 aromatic heterocycles. The van der Waals surface area contributed by atoms with Gasteiger partial charge in [0.2, 0.25) is 10.0 Å². The fraction of sp³-hybridized carbons (Fsp3) is 0.244. The number of carbonyl (C=O) groups is 1. The van der Waals surface area contributed by atoms with Gasteiger partial charge >= 0.3 is 0 Å². The first-order valence-electron chi connectivity index (χ1n) is 20.5. The number of carbonyl (C=O) groups excluding carboxylic acids is 1. The van der Waals surface area contributed by atoms with E-state index in [1.807, 2.05) is 90.4 Å². The Morgan fingerprint density at radius 3 is 2.15 bits per heavy atom. The van der Waals surface area contributed by atoms with Crippen LogP contribution in [0, 0.1) is 10.1 Å². The number of hydrogen-bond acceptors (Lipinski definition) is 13. The number of sulfonamides is 2. The fourth-order valence-electron chi connectivity index (χ4n) is 7.33. The van der Waals surface area contributed by atoms with Crippen molar-refractivity contribution >= 4 is 77.8 Å². The zero-order valence-electron chi connectivity index (χ0n) is 35.8. The van der Waals surface area contributed by atoms with Crippen LogP contribution in [0.25, 0.3) is 16.9 Å². The van der Waals surface area contributed by atoms with Crippen molar-refractivity contribution in [2.24, 2.45) is 0 Å². The molecule has 1 aliphatic rings. The van der Waals surface area contributed by atoms with Gasteiger partial charge in [0.05, 0.1) is 21.8 Å². The number of benzene rings is 5. The number of thioether (sulfide) groups is 1. The smallest absolute Gasteiger partial charge is 0.293 e. The van der Waals surface area contributed by atoms with Crippen molar-refractivity contribution in [2.45, 2.75) is 22.3 Å². The van der Waals surface area contributed by atoms with Gasteiger partial charge in [-0.3, -0.25) is 24.2 Å². The Morgan fingerprint density at radius 2 is 1.51 bits per heavy atom. The summed E-state index contributed by atoms with van der Waals surface area (Å²) in [5, 5.41) is 16.1. The Morgan fingerprint density at radius 1 is 0.846 bits per heavy atom. The molecule has 0 unspecified atom stereocenters. The Bertz CT molecular complexity index is 2860. The lowest BCUT2D eigenvalue weighted by molar-refractivity contribution is -0.384. The van der Waals surface area contributed by atoms with E-state index in [9.17, 15) is 31.7 Å². The maximum atomic E-state index is 13.6. The van der Waals surface area contributed by atoms with Gasteiger partial charge in [0, 0.05) is 82.3 Å². The molecule has 3 N–H and O–H groups in total. The highest BCUT2D eigenvalue weighted by atomic mass is 35.5. The van der Waals surface area contributed by atoms with Gasteiger partial charge in [0.25, 0.3) is 21.6 Å². The monoisotopic (exact) mass is 957 g/mol. The molecule has 0 saturated carbocycles. The lowest BCUT2D eigenvalue weighted by atomic mass is 10.1. The van der Waals surface area contributed by atoms with E-state index in [1.165, 1.54) is 18.5 Å². The molecular weight excluding hydrogens is 910 g/mol. The molecule has 1 fully saturated rings. The third-order valence-corrected chi connectivity index (χ3v) is 13.9. The number of nitro groups is 1. The van der Waals surface area contributed by atoms with Crippen molar-refractivity contribution in [2.75, 3.05) is 78.7 Å². The van der Waals surface area contributed by atoms with Crippen LogP contribution in [0.3, 0.4) is 0 Å². The molecular formula is C45H48ClN9O7S3. The van der Waals surface area contributed by atoms with E-state index in [-0.39, 0.29) is 28.0 Å². The predicted molar refractivity (Wildman–Crippen MR) is 259 cm³/mol. The first-order valence-corrected chi connectivity index (χ1v) is 25.2. The first-order chi connectivity index (χ1) is 31.0. The summed E-state index contributed by atoms with van der Waals surface area (Å²) in [4.78, 5) is 36.5. The van der Waals surface area contributed by atoms with E-state index in [2.05, 4.69) is 24.8 Å². The summed E-state index contributed by atoms with van der Waals surface area (Å²) < 4.78 is 57.4. The van der Waals surface area contributed by atoms with Crippen molar-refractivity contribution in [3.8, 4) is 16.9 Å². The molecule has 6 aromatic rings. The maximum absolute atomic E-state index is 13.6. The number of hydrogen-bond donors (Lipinski definition) is 3. The lowest BCUT2D eigenvalue weighted by Crippen LogP contribution is -2.46. The molecule has 2 heterocycles. The summed E-state index contributed by atoms with van der Waals surface area (Å²) in [6, 6.07) is 35.2. The summed E-state index contributed by atoms with van der Waals surface area (Å²) in [5.41, 5.74) is 3.66. The topological polar surface area (TPSA) is 192 Å². The summed E-state index contributed by atoms with van der Waals surface area (Å²) in [6.45, 7) is 3.32. The number of amides is 1. The Balaban J connectivity index is 1.01. The number of nitrogens with zero attached hydrogens (tertiary/aromatic N) is 6. The molecule has 1 saturated heterocycles. The molecule has 65 heavy (non-hydrogen) atoms. The third kappa shape index (κ3) is 12.2. The molecule has 1 atom stereocenters. The Labute approximate surface area is 387 Å². The lowest BCUT2D eigenvalue weighted by Gasteiger charge is -2.37. The van der Waals surface area contributed by atoms with Crippen molar-refractivity contribution in [1.82, 2.24) is 19.2 Å². The van der Waals surface area contributed by atoms with Gasteiger partial charge in [0.1, 0.15) is 12.0 Å². The van der Waals surface area contributed by atoms with Gasteiger partial charge < -0.3 is 20.0 Å². The number of halogens is 1. The number of imidazole rings is 1. The highest BCUT2D eigenvalue weighted by Crippen LogP contribution is 2.33. The zero-order chi connectivity index (χ0) is 46.3. The molecule has 20 heteroatoms. The number of aromatic nitrogens is 2. The van der Waals surface area contributed by atoms with Gasteiger partial charge in [-0.15, -0.1) is 11.8 Å². The largest absolute Gasteiger partial charge is 0.376 e. The van der Waals surface area contributed by atoms with E-state index in [0.717, 1.165) is 35.1 Å². The standard InChI is InChI=1S/C45H48ClN9O7S3/c1-51(2)23-22-35(30-63-39-10-5-4-6-11-39)48-41-21-20-40(29-42(41)55(57)58)65(61,62)49-34-14-18-36(19-15-34)52-24-26-53(27-25-52)38-9-7-8-32(28-38)44-43(45(56)50-64(3,59)60)47-31-54(44)37-16-12-33(46)13-17-37/h4-21,28-29,31,35,48-49H,22-27,30H2,1-3H3,(H,50,56)/t35-/m1/s1. The SMILES string of the molecule is CN(C)CC[C@H](CSc1ccccc1)Nc1ccc(S(=O)(=O)Nc2ccc(N3CCN(c4cccc(-c5c(C(=O)NS(C)(=O)=O)ncn5-c5ccc(Cl)cc5)c4)CC3)cc2)cc1[N+](=O)[O-]. The average molecular weight is 959 g/mol. The molecule has 0 spiro atoms. The second-order valence-corrected chi connectivity index (χ2v) is 20.6. The Hall–Kier alpha value is -6.12. The third-order valence-electron chi connectivity index (χ3n) is 10.6. The Kier molecular flexibility index (Phi) is 14.7. The van der Waals surface area contributed by atoms with E-state index in [0.29, 0.717) is 66.0 Å². The van der Waals surface area contributed by atoms with Gasteiger partial charge in [-0.2, -0.15) is 0 Å². The predicted octanol–water partition coefficient (Wildman–Crippen LogP) is 7.44. The number of rotatable bonds is 18. The van der Waals surface area contributed by atoms with Crippen LogP contribution < -0.4 is 24.6 Å². The molecule has 1 amide bonds. The van der Waals surface area contributed by atoms with Crippen LogP contribution in [-0.4, -0.2) is 107 Å². The van der Waals surface area contributed by atoms with Gasteiger partial charge in [-0.1, -0.05) is 41.9 Å². The molecule has 16 nitrogen and oxygen atoms in total. The molecule has 0 radical (unpaired) electrons. The fourth-order valence-corrected chi connectivity index (χ4v) is 9.96. The number of piperazine rings is 1. The normalized spacial score (nSPS) is 13.7. The number of anilines is 4. The van der Waals surface area contributed by atoms with E-state index < -0.39 is 30.9 Å². The number of nitro benzene ring substituents is 1.